The van der Waals surface area contributed by atoms with E-state index in [0.29, 0.717) is 0 Å². The summed E-state index contributed by atoms with van der Waals surface area (Å²) in [6.07, 6.45) is 2.01. The Morgan fingerprint density at radius 2 is 1.20 bits per heavy atom. The van der Waals surface area contributed by atoms with E-state index in [1.165, 1.54) is 82.6 Å². The van der Waals surface area contributed by atoms with E-state index in [0.717, 1.165) is 12.8 Å². The molecule has 1 nitrogen and oxygen atoms in total. The van der Waals surface area contributed by atoms with Crippen molar-refractivity contribution in [2.75, 3.05) is 0 Å². The molecule has 0 atom stereocenters. The first-order valence-corrected chi connectivity index (χ1v) is 12.5. The number of rotatable bonds is 0. The highest BCUT2D eigenvalue weighted by atomic mass is 14.9. The summed E-state index contributed by atoms with van der Waals surface area (Å²) in [5.41, 5.74) is 15.3. The molecule has 9 rings (SSSR count). The Hall–Kier alpha value is -4.36. The smallest absolute Gasteiger partial charge is 0.0547 e. The minimum atomic E-state index is 0.996. The van der Waals surface area contributed by atoms with Crippen molar-refractivity contribution < 1.29 is 0 Å². The molecular formula is C34H21N. The van der Waals surface area contributed by atoms with Crippen LogP contribution in [0.25, 0.3) is 60.3 Å². The Labute approximate surface area is 202 Å². The van der Waals surface area contributed by atoms with E-state index < -0.39 is 0 Å². The summed E-state index contributed by atoms with van der Waals surface area (Å²) in [4.78, 5) is 0. The van der Waals surface area contributed by atoms with Crippen LogP contribution < -0.4 is 0 Å². The number of benzene rings is 5. The molecule has 0 radical (unpaired) electrons. The number of fused-ring (bicyclic) bond motifs is 15. The third-order valence-electron chi connectivity index (χ3n) is 8.39. The second-order valence-electron chi connectivity index (χ2n) is 10.1. The largest absolute Gasteiger partial charge is 0.309 e. The van der Waals surface area contributed by atoms with E-state index in [4.69, 9.17) is 0 Å². The van der Waals surface area contributed by atoms with Gasteiger partial charge in [0.05, 0.1) is 16.6 Å². The van der Waals surface area contributed by atoms with Crippen LogP contribution in [0.4, 0.5) is 0 Å². The summed E-state index contributed by atoms with van der Waals surface area (Å²) in [7, 11) is 0. The van der Waals surface area contributed by atoms with Gasteiger partial charge in [-0.15, -0.1) is 0 Å². The average Bonchev–Trinajstić information content (AvgIpc) is 3.58. The molecule has 35 heavy (non-hydrogen) atoms. The third-order valence-corrected chi connectivity index (χ3v) is 8.39. The van der Waals surface area contributed by atoms with Crippen LogP contribution in [0.2, 0.25) is 0 Å². The second kappa shape index (κ2) is 6.20. The van der Waals surface area contributed by atoms with Crippen LogP contribution in [0.5, 0.6) is 0 Å². The molecule has 0 saturated heterocycles. The van der Waals surface area contributed by atoms with E-state index in [9.17, 15) is 0 Å². The van der Waals surface area contributed by atoms with Crippen LogP contribution in [-0.4, -0.2) is 4.40 Å². The van der Waals surface area contributed by atoms with Gasteiger partial charge in [0.1, 0.15) is 0 Å². The van der Waals surface area contributed by atoms with Gasteiger partial charge in [0, 0.05) is 16.2 Å². The molecule has 0 N–H and O–H groups in total. The van der Waals surface area contributed by atoms with E-state index >= 15 is 0 Å². The van der Waals surface area contributed by atoms with Gasteiger partial charge < -0.3 is 4.40 Å². The normalized spacial score (nSPS) is 13.5. The maximum absolute atomic E-state index is 2.50. The van der Waals surface area contributed by atoms with Gasteiger partial charge in [-0.25, -0.2) is 0 Å². The molecule has 0 spiro atoms. The van der Waals surface area contributed by atoms with Crippen molar-refractivity contribution in [1.82, 2.24) is 4.40 Å². The zero-order valence-electron chi connectivity index (χ0n) is 19.2. The van der Waals surface area contributed by atoms with Crippen molar-refractivity contribution >= 4 is 38.1 Å². The number of aromatic nitrogens is 1. The lowest BCUT2D eigenvalue weighted by atomic mass is 9.93. The van der Waals surface area contributed by atoms with Gasteiger partial charge in [0.25, 0.3) is 0 Å². The highest BCUT2D eigenvalue weighted by molar-refractivity contribution is 6.19. The first-order valence-electron chi connectivity index (χ1n) is 12.5. The van der Waals surface area contributed by atoms with E-state index in [2.05, 4.69) is 108 Å². The number of para-hydroxylation sites is 1. The SMILES string of the molecule is c1ccc2c(c1)Cc1cc3c(cc1-2)c1c2c(ccc1n1c4ccccc4cc31)-c1ccccc1C2. The zero-order valence-corrected chi connectivity index (χ0v) is 19.2. The van der Waals surface area contributed by atoms with E-state index in [1.807, 2.05) is 0 Å². The van der Waals surface area contributed by atoms with Gasteiger partial charge in [-0.05, 0) is 93.1 Å². The molecule has 2 aliphatic carbocycles. The standard InChI is InChI=1S/C34H21N/c1-5-11-25-20(7-1)15-23-17-28-30(19-27(23)25)34-29-16-21-8-2-4-10-24(21)26(29)13-14-32(34)35-31-12-6-3-9-22(31)18-33(28)35/h1-14,17-19H,15-16H2. The number of hydrogen-bond acceptors (Lipinski definition) is 0. The number of hydrogen-bond donors (Lipinski definition) is 0. The summed E-state index contributed by atoms with van der Waals surface area (Å²) < 4.78 is 2.50. The quantitative estimate of drug-likeness (QED) is 0.207. The van der Waals surface area contributed by atoms with Gasteiger partial charge in [0.15, 0.2) is 0 Å². The maximum Gasteiger partial charge on any atom is 0.0547 e. The highest BCUT2D eigenvalue weighted by Gasteiger charge is 2.25. The summed E-state index contributed by atoms with van der Waals surface area (Å²) in [5.74, 6) is 0. The minimum Gasteiger partial charge on any atom is -0.309 e. The minimum absolute atomic E-state index is 0.996. The molecule has 162 valence electrons. The van der Waals surface area contributed by atoms with Gasteiger partial charge in [-0.1, -0.05) is 72.8 Å². The Morgan fingerprint density at radius 1 is 0.457 bits per heavy atom. The van der Waals surface area contributed by atoms with Crippen LogP contribution >= 0.6 is 0 Å². The lowest BCUT2D eigenvalue weighted by Gasteiger charge is -2.15. The van der Waals surface area contributed by atoms with Crippen LogP contribution in [0.3, 0.4) is 0 Å². The summed E-state index contributed by atoms with van der Waals surface area (Å²) in [6.45, 7) is 0. The molecule has 0 unspecified atom stereocenters. The fraction of sp³-hybridized carbons (Fsp3) is 0.0588. The number of nitrogens with zero attached hydrogens (tertiary/aromatic N) is 1. The third kappa shape index (κ3) is 2.19. The first kappa shape index (κ1) is 18.0. The summed E-state index contributed by atoms with van der Waals surface area (Å²) >= 11 is 0. The summed E-state index contributed by atoms with van der Waals surface area (Å²) in [5, 5.41) is 5.46. The highest BCUT2D eigenvalue weighted by Crippen LogP contribution is 2.47. The van der Waals surface area contributed by atoms with Gasteiger partial charge in [0.2, 0.25) is 0 Å². The van der Waals surface area contributed by atoms with Crippen LogP contribution in [0.1, 0.15) is 22.3 Å². The predicted molar refractivity (Wildman–Crippen MR) is 146 cm³/mol. The molecule has 2 heterocycles. The second-order valence-corrected chi connectivity index (χ2v) is 10.1. The van der Waals surface area contributed by atoms with Crippen molar-refractivity contribution in [2.45, 2.75) is 12.8 Å². The molecule has 7 aromatic rings. The topological polar surface area (TPSA) is 4.41 Å². The van der Waals surface area contributed by atoms with Crippen molar-refractivity contribution in [3.63, 3.8) is 0 Å². The van der Waals surface area contributed by atoms with Crippen LogP contribution in [0.15, 0.2) is 103 Å². The van der Waals surface area contributed by atoms with Crippen LogP contribution in [0, 0.1) is 0 Å². The van der Waals surface area contributed by atoms with Gasteiger partial charge in [-0.2, -0.15) is 0 Å². The van der Waals surface area contributed by atoms with Crippen molar-refractivity contribution in [3.8, 4) is 22.3 Å². The molecule has 0 aliphatic heterocycles. The Morgan fingerprint density at radius 3 is 2.09 bits per heavy atom. The zero-order chi connectivity index (χ0) is 22.7. The molecule has 2 aliphatic rings. The van der Waals surface area contributed by atoms with Gasteiger partial charge >= 0.3 is 0 Å². The van der Waals surface area contributed by atoms with E-state index in [1.54, 1.807) is 0 Å². The molecule has 0 amide bonds. The monoisotopic (exact) mass is 443 g/mol. The molecular weight excluding hydrogens is 422 g/mol. The maximum atomic E-state index is 2.50. The van der Waals surface area contributed by atoms with Crippen molar-refractivity contribution in [2.24, 2.45) is 0 Å². The van der Waals surface area contributed by atoms with Crippen LogP contribution in [-0.2, 0) is 12.8 Å². The molecule has 5 aromatic carbocycles. The fourth-order valence-corrected chi connectivity index (χ4v) is 6.90. The van der Waals surface area contributed by atoms with E-state index in [-0.39, 0.29) is 0 Å². The Kier molecular flexibility index (Phi) is 3.19. The molecule has 0 bridgehead atoms. The Balaban J connectivity index is 1.53. The molecule has 0 fully saturated rings. The Bertz CT molecular complexity index is 2050. The number of pyridine rings is 1. The molecule has 1 heteroatoms. The van der Waals surface area contributed by atoms with Crippen molar-refractivity contribution in [3.05, 3.63) is 125 Å². The average molecular weight is 444 g/mol. The van der Waals surface area contributed by atoms with Crippen molar-refractivity contribution in [1.29, 1.82) is 0 Å². The lowest BCUT2D eigenvalue weighted by Crippen LogP contribution is -1.95. The molecule has 0 saturated carbocycles. The molecule has 2 aromatic heterocycles. The first-order chi connectivity index (χ1) is 17.3. The fourth-order valence-electron chi connectivity index (χ4n) is 6.90. The predicted octanol–water partition coefficient (Wildman–Crippen LogP) is 8.54. The summed E-state index contributed by atoms with van der Waals surface area (Å²) in [6, 6.07) is 38.7. The lowest BCUT2D eigenvalue weighted by molar-refractivity contribution is 1.26. The van der Waals surface area contributed by atoms with Gasteiger partial charge in [-0.3, -0.25) is 0 Å².